The average Bonchev–Trinajstić information content (AvgIpc) is 2.77. The summed E-state index contributed by atoms with van der Waals surface area (Å²) in [5, 5.41) is 4.08. The van der Waals surface area contributed by atoms with Crippen molar-refractivity contribution in [3.05, 3.63) is 117 Å². The van der Waals surface area contributed by atoms with E-state index < -0.39 is 0 Å². The van der Waals surface area contributed by atoms with Crippen LogP contribution in [-0.4, -0.2) is 15.0 Å². The molecular weight excluding hydrogens is 378 g/mol. The molecule has 6 nitrogen and oxygen atoms in total. The van der Waals surface area contributed by atoms with Crippen molar-refractivity contribution in [1.29, 1.82) is 0 Å². The summed E-state index contributed by atoms with van der Waals surface area (Å²) in [5.74, 6) is -0.235. The molecule has 0 aliphatic carbocycles. The van der Waals surface area contributed by atoms with Crippen LogP contribution in [0.25, 0.3) is 10.8 Å². The topological polar surface area (TPSA) is 73.1 Å². The van der Waals surface area contributed by atoms with E-state index in [9.17, 15) is 14.4 Å². The van der Waals surface area contributed by atoms with Crippen LogP contribution in [0.3, 0.4) is 0 Å². The van der Waals surface area contributed by atoms with Gasteiger partial charge < -0.3 is 14.5 Å². The number of nitrogens with one attached hydrogen (secondary N) is 1. The fourth-order valence-corrected chi connectivity index (χ4v) is 3.43. The maximum Gasteiger partial charge on any atom is 0.258 e. The van der Waals surface area contributed by atoms with Gasteiger partial charge in [-0.1, -0.05) is 48.5 Å². The summed E-state index contributed by atoms with van der Waals surface area (Å²) in [6, 6.07) is 20.0. The van der Waals surface area contributed by atoms with Crippen LogP contribution in [0.2, 0.25) is 0 Å². The van der Waals surface area contributed by atoms with E-state index in [4.69, 9.17) is 0 Å². The van der Waals surface area contributed by atoms with Gasteiger partial charge in [0, 0.05) is 42.8 Å². The Morgan fingerprint density at radius 3 is 2.27 bits per heavy atom. The second kappa shape index (κ2) is 8.21. The Kier molecular flexibility index (Phi) is 5.30. The quantitative estimate of drug-likeness (QED) is 0.561. The standard InChI is InChI=1S/C24H21N3O3/c1-26-16-21(19-6-2-3-7-20(19)24(26)30)23(29)25-14-17-9-11-18(12-10-17)15-27-13-5-4-8-22(27)28/h2-13,16H,14-15H2,1H3,(H,25,29). The highest BCUT2D eigenvalue weighted by molar-refractivity contribution is 6.06. The van der Waals surface area contributed by atoms with Gasteiger partial charge in [-0.25, -0.2) is 0 Å². The number of aryl methyl sites for hydroxylation is 1. The number of hydrogen-bond acceptors (Lipinski definition) is 3. The van der Waals surface area contributed by atoms with Gasteiger partial charge in [0.2, 0.25) is 0 Å². The average molecular weight is 399 g/mol. The Bertz CT molecular complexity index is 1330. The molecule has 4 rings (SSSR count). The smallest absolute Gasteiger partial charge is 0.258 e. The van der Waals surface area contributed by atoms with Crippen molar-refractivity contribution in [3.8, 4) is 0 Å². The molecule has 0 bridgehead atoms. The van der Waals surface area contributed by atoms with E-state index in [1.807, 2.05) is 36.4 Å². The highest BCUT2D eigenvalue weighted by atomic mass is 16.2. The van der Waals surface area contributed by atoms with E-state index in [2.05, 4.69) is 5.32 Å². The first kappa shape index (κ1) is 19.4. The molecule has 2 heterocycles. The predicted molar refractivity (Wildman–Crippen MR) is 117 cm³/mol. The van der Waals surface area contributed by atoms with E-state index in [1.54, 1.807) is 48.3 Å². The lowest BCUT2D eigenvalue weighted by Crippen LogP contribution is -2.26. The SMILES string of the molecule is Cn1cc(C(=O)NCc2ccc(Cn3ccccc3=O)cc2)c2ccccc2c1=O. The van der Waals surface area contributed by atoms with Gasteiger partial charge in [0.1, 0.15) is 0 Å². The third-order valence-corrected chi connectivity index (χ3v) is 5.06. The van der Waals surface area contributed by atoms with Crippen LogP contribution < -0.4 is 16.4 Å². The van der Waals surface area contributed by atoms with Crippen molar-refractivity contribution in [2.45, 2.75) is 13.1 Å². The third kappa shape index (κ3) is 3.93. The number of rotatable bonds is 5. The molecule has 1 N–H and O–H groups in total. The molecule has 0 radical (unpaired) electrons. The summed E-state index contributed by atoms with van der Waals surface area (Å²) in [4.78, 5) is 36.9. The summed E-state index contributed by atoms with van der Waals surface area (Å²) < 4.78 is 3.07. The summed E-state index contributed by atoms with van der Waals surface area (Å²) in [6.07, 6.45) is 3.33. The predicted octanol–water partition coefficient (Wildman–Crippen LogP) is 2.68. The fraction of sp³-hybridized carbons (Fsp3) is 0.125. The second-order valence-electron chi connectivity index (χ2n) is 7.17. The normalized spacial score (nSPS) is 10.8. The Morgan fingerprint density at radius 2 is 1.53 bits per heavy atom. The van der Waals surface area contributed by atoms with Crippen LogP contribution in [-0.2, 0) is 20.1 Å². The van der Waals surface area contributed by atoms with Crippen LogP contribution in [0.5, 0.6) is 0 Å². The highest BCUT2D eigenvalue weighted by Crippen LogP contribution is 2.15. The van der Waals surface area contributed by atoms with Gasteiger partial charge >= 0.3 is 0 Å². The number of carbonyl (C=O) groups excluding carboxylic acids is 1. The highest BCUT2D eigenvalue weighted by Gasteiger charge is 2.13. The molecule has 1 amide bonds. The van der Waals surface area contributed by atoms with Crippen molar-refractivity contribution in [2.75, 3.05) is 0 Å². The molecule has 0 aliphatic heterocycles. The lowest BCUT2D eigenvalue weighted by molar-refractivity contribution is 0.0952. The molecule has 0 saturated heterocycles. The number of nitrogens with zero attached hydrogens (tertiary/aromatic N) is 2. The molecule has 0 saturated carbocycles. The maximum absolute atomic E-state index is 12.8. The van der Waals surface area contributed by atoms with Crippen molar-refractivity contribution in [2.24, 2.45) is 7.05 Å². The number of hydrogen-bond donors (Lipinski definition) is 1. The van der Waals surface area contributed by atoms with Crippen LogP contribution in [0.1, 0.15) is 21.5 Å². The van der Waals surface area contributed by atoms with Gasteiger partial charge in [-0.3, -0.25) is 14.4 Å². The van der Waals surface area contributed by atoms with Crippen LogP contribution >= 0.6 is 0 Å². The zero-order valence-electron chi connectivity index (χ0n) is 16.5. The first-order valence-corrected chi connectivity index (χ1v) is 9.63. The molecule has 0 fully saturated rings. The lowest BCUT2D eigenvalue weighted by Gasteiger charge is -2.11. The number of pyridine rings is 2. The van der Waals surface area contributed by atoms with Crippen molar-refractivity contribution >= 4 is 16.7 Å². The molecule has 6 heteroatoms. The van der Waals surface area contributed by atoms with Crippen LogP contribution in [0.4, 0.5) is 0 Å². The number of aromatic nitrogens is 2. The molecule has 0 spiro atoms. The zero-order valence-corrected chi connectivity index (χ0v) is 16.5. The minimum absolute atomic E-state index is 0.0432. The molecule has 2 aromatic carbocycles. The Hall–Kier alpha value is -3.93. The first-order chi connectivity index (χ1) is 14.5. The van der Waals surface area contributed by atoms with Gasteiger partial charge in [0.25, 0.3) is 17.0 Å². The van der Waals surface area contributed by atoms with Gasteiger partial charge in [0.05, 0.1) is 12.1 Å². The molecule has 0 unspecified atom stereocenters. The minimum atomic E-state index is -0.235. The monoisotopic (exact) mass is 399 g/mol. The summed E-state index contributed by atoms with van der Waals surface area (Å²) in [5.41, 5.74) is 2.24. The van der Waals surface area contributed by atoms with Gasteiger partial charge in [0.15, 0.2) is 0 Å². The van der Waals surface area contributed by atoms with Gasteiger partial charge in [-0.2, -0.15) is 0 Å². The second-order valence-corrected chi connectivity index (χ2v) is 7.17. The van der Waals surface area contributed by atoms with Crippen molar-refractivity contribution in [3.63, 3.8) is 0 Å². The Morgan fingerprint density at radius 1 is 0.867 bits per heavy atom. The Balaban J connectivity index is 1.48. The largest absolute Gasteiger partial charge is 0.348 e. The summed E-state index contributed by atoms with van der Waals surface area (Å²) in [6.45, 7) is 0.859. The molecule has 0 atom stereocenters. The lowest BCUT2D eigenvalue weighted by atomic mass is 10.1. The van der Waals surface area contributed by atoms with E-state index in [-0.39, 0.29) is 17.0 Å². The number of fused-ring (bicyclic) bond motifs is 1. The van der Waals surface area contributed by atoms with Crippen LogP contribution in [0, 0.1) is 0 Å². The molecule has 150 valence electrons. The van der Waals surface area contributed by atoms with Crippen molar-refractivity contribution < 1.29 is 4.79 Å². The Labute approximate surface area is 173 Å². The molecular formula is C24H21N3O3. The summed E-state index contributed by atoms with van der Waals surface area (Å²) in [7, 11) is 1.64. The van der Waals surface area contributed by atoms with E-state index in [0.717, 1.165) is 11.1 Å². The van der Waals surface area contributed by atoms with Gasteiger partial charge in [-0.15, -0.1) is 0 Å². The van der Waals surface area contributed by atoms with Gasteiger partial charge in [-0.05, 0) is 23.3 Å². The van der Waals surface area contributed by atoms with Crippen molar-refractivity contribution in [1.82, 2.24) is 14.5 Å². The maximum atomic E-state index is 12.8. The molecule has 0 aliphatic rings. The van der Waals surface area contributed by atoms with E-state index in [1.165, 1.54) is 10.6 Å². The zero-order chi connectivity index (χ0) is 21.1. The molecule has 2 aromatic heterocycles. The number of carbonyl (C=O) groups is 1. The first-order valence-electron chi connectivity index (χ1n) is 9.63. The molecule has 30 heavy (non-hydrogen) atoms. The van der Waals surface area contributed by atoms with Crippen LogP contribution in [0.15, 0.2) is 88.7 Å². The van der Waals surface area contributed by atoms with E-state index in [0.29, 0.717) is 29.4 Å². The molecule has 4 aromatic rings. The summed E-state index contributed by atoms with van der Waals surface area (Å²) >= 11 is 0. The van der Waals surface area contributed by atoms with E-state index >= 15 is 0 Å². The minimum Gasteiger partial charge on any atom is -0.348 e. The fourth-order valence-electron chi connectivity index (χ4n) is 3.43. The number of amides is 1. The number of benzene rings is 2. The third-order valence-electron chi connectivity index (χ3n) is 5.06.